The zero-order valence-corrected chi connectivity index (χ0v) is 14.9. The first kappa shape index (κ1) is 18.8. The van der Waals surface area contributed by atoms with E-state index in [-0.39, 0.29) is 16.6 Å². The fraction of sp³-hybridized carbons (Fsp3) is 0.222. The summed E-state index contributed by atoms with van der Waals surface area (Å²) in [6, 6.07) is 7.86. The Kier molecular flexibility index (Phi) is 4.36. The van der Waals surface area contributed by atoms with Crippen molar-refractivity contribution in [1.29, 1.82) is 0 Å². The quantitative estimate of drug-likeness (QED) is 0.540. The number of aromatic nitrogens is 2. The molecule has 10 heteroatoms. The number of alkyl halides is 3. The van der Waals surface area contributed by atoms with Crippen LogP contribution in [0.1, 0.15) is 5.56 Å². The maximum Gasteiger partial charge on any atom is 0.416 e. The van der Waals surface area contributed by atoms with E-state index < -0.39 is 42.2 Å². The molecular formula is C18H13F3N2O4S. The van der Waals surface area contributed by atoms with Crippen LogP contribution < -0.4 is 11.2 Å². The van der Waals surface area contributed by atoms with Crippen molar-refractivity contribution < 1.29 is 23.4 Å². The maximum absolute atomic E-state index is 13.2. The van der Waals surface area contributed by atoms with E-state index in [1.54, 1.807) is 12.1 Å². The summed E-state index contributed by atoms with van der Waals surface area (Å²) in [4.78, 5) is 26.8. The summed E-state index contributed by atoms with van der Waals surface area (Å²) in [6.45, 7) is -1.15. The topological polar surface area (TPSA) is 84.5 Å². The molecule has 1 aliphatic rings. The lowest BCUT2D eigenvalue weighted by Gasteiger charge is -2.24. The molecule has 1 unspecified atom stereocenters. The van der Waals surface area contributed by atoms with Crippen molar-refractivity contribution in [2.45, 2.75) is 28.6 Å². The van der Waals surface area contributed by atoms with Crippen LogP contribution in [0.15, 0.2) is 55.8 Å². The van der Waals surface area contributed by atoms with Gasteiger partial charge in [-0.1, -0.05) is 17.8 Å². The van der Waals surface area contributed by atoms with Crippen molar-refractivity contribution in [1.82, 2.24) is 9.13 Å². The zero-order chi connectivity index (χ0) is 20.2. The summed E-state index contributed by atoms with van der Waals surface area (Å²) in [6.07, 6.45) is -5.96. The lowest BCUT2D eigenvalue weighted by Crippen LogP contribution is -2.43. The molecule has 2 heterocycles. The highest BCUT2D eigenvalue weighted by Crippen LogP contribution is 2.42. The predicted molar refractivity (Wildman–Crippen MR) is 96.0 cm³/mol. The van der Waals surface area contributed by atoms with Gasteiger partial charge >= 0.3 is 11.9 Å². The number of halogens is 3. The minimum Gasteiger partial charge on any atom is -0.394 e. The van der Waals surface area contributed by atoms with Crippen molar-refractivity contribution >= 4 is 22.7 Å². The number of fused-ring (bicyclic) bond motifs is 2. The number of aliphatic hydroxyl groups is 2. The first-order chi connectivity index (χ1) is 13.2. The Morgan fingerprint density at radius 3 is 2.54 bits per heavy atom. The average Bonchev–Trinajstić information content (AvgIpc) is 2.66. The number of aliphatic hydroxyl groups excluding tert-OH is 2. The van der Waals surface area contributed by atoms with E-state index in [0.717, 1.165) is 21.3 Å². The standard InChI is InChI=1S/C18H13F3N2O4S/c19-18(20,21)9-4-5-13-12(6-9)23-15-11(2-1-3-14(15)28-13)16(26)22(17(23)27)7-10(25)8-24/h1-6,10,24-25H,7-8H2. The van der Waals surface area contributed by atoms with Crippen LogP contribution in [-0.4, -0.2) is 32.1 Å². The van der Waals surface area contributed by atoms with Gasteiger partial charge < -0.3 is 10.2 Å². The van der Waals surface area contributed by atoms with Gasteiger partial charge in [0.2, 0.25) is 0 Å². The van der Waals surface area contributed by atoms with E-state index in [1.807, 2.05) is 0 Å². The number of hydrogen-bond donors (Lipinski definition) is 2. The third-order valence-corrected chi connectivity index (χ3v) is 5.59. The van der Waals surface area contributed by atoms with E-state index in [2.05, 4.69) is 0 Å². The third kappa shape index (κ3) is 2.84. The molecule has 2 aromatic carbocycles. The Bertz CT molecular complexity index is 1220. The molecule has 1 aromatic heterocycles. The molecule has 0 aliphatic carbocycles. The molecule has 0 bridgehead atoms. The van der Waals surface area contributed by atoms with Crippen LogP contribution in [0.5, 0.6) is 0 Å². The van der Waals surface area contributed by atoms with Gasteiger partial charge in [-0.3, -0.25) is 13.9 Å². The number of rotatable bonds is 3. The second-order valence-corrected chi connectivity index (χ2v) is 7.39. The molecule has 0 amide bonds. The van der Waals surface area contributed by atoms with Gasteiger partial charge in [0.05, 0.1) is 41.4 Å². The van der Waals surface area contributed by atoms with Gasteiger partial charge in [0, 0.05) is 9.79 Å². The zero-order valence-electron chi connectivity index (χ0n) is 14.1. The largest absolute Gasteiger partial charge is 0.416 e. The molecule has 3 aromatic rings. The molecule has 146 valence electrons. The van der Waals surface area contributed by atoms with E-state index in [9.17, 15) is 27.9 Å². The van der Waals surface area contributed by atoms with Crippen LogP contribution in [0, 0.1) is 0 Å². The molecular weight excluding hydrogens is 397 g/mol. The van der Waals surface area contributed by atoms with Gasteiger partial charge in [-0.15, -0.1) is 0 Å². The molecule has 28 heavy (non-hydrogen) atoms. The summed E-state index contributed by atoms with van der Waals surface area (Å²) < 4.78 is 41.4. The summed E-state index contributed by atoms with van der Waals surface area (Å²) in [5, 5.41) is 18.9. The van der Waals surface area contributed by atoms with Crippen molar-refractivity contribution in [2.24, 2.45) is 0 Å². The van der Waals surface area contributed by atoms with Crippen molar-refractivity contribution in [2.75, 3.05) is 6.61 Å². The van der Waals surface area contributed by atoms with Gasteiger partial charge in [-0.25, -0.2) is 4.79 Å². The number of hydrogen-bond acceptors (Lipinski definition) is 5. The van der Waals surface area contributed by atoms with Gasteiger partial charge in [0.15, 0.2) is 0 Å². The lowest BCUT2D eigenvalue weighted by atomic mass is 10.1. The lowest BCUT2D eigenvalue weighted by molar-refractivity contribution is -0.137. The highest BCUT2D eigenvalue weighted by molar-refractivity contribution is 7.99. The molecule has 1 aliphatic heterocycles. The summed E-state index contributed by atoms with van der Waals surface area (Å²) in [5.74, 6) is 0. The van der Waals surface area contributed by atoms with E-state index in [4.69, 9.17) is 5.11 Å². The van der Waals surface area contributed by atoms with Crippen LogP contribution in [-0.2, 0) is 12.7 Å². The average molecular weight is 410 g/mol. The van der Waals surface area contributed by atoms with Crippen LogP contribution in [0.3, 0.4) is 0 Å². The summed E-state index contributed by atoms with van der Waals surface area (Å²) >= 11 is 1.17. The molecule has 6 nitrogen and oxygen atoms in total. The van der Waals surface area contributed by atoms with Crippen LogP contribution in [0.25, 0.3) is 16.6 Å². The smallest absolute Gasteiger partial charge is 0.394 e. The molecule has 4 rings (SSSR count). The second-order valence-electron chi connectivity index (χ2n) is 6.30. The minimum absolute atomic E-state index is 0.0146. The van der Waals surface area contributed by atoms with E-state index in [1.165, 1.54) is 23.9 Å². The van der Waals surface area contributed by atoms with E-state index >= 15 is 0 Å². The van der Waals surface area contributed by atoms with Crippen molar-refractivity contribution in [3.8, 4) is 5.69 Å². The highest BCUT2D eigenvalue weighted by Gasteiger charge is 2.33. The van der Waals surface area contributed by atoms with E-state index in [0.29, 0.717) is 9.79 Å². The fourth-order valence-electron chi connectivity index (χ4n) is 3.18. The summed E-state index contributed by atoms with van der Waals surface area (Å²) in [5.41, 5.74) is -2.23. The van der Waals surface area contributed by atoms with Crippen LogP contribution >= 0.6 is 11.8 Å². The Morgan fingerprint density at radius 2 is 1.86 bits per heavy atom. The van der Waals surface area contributed by atoms with Gasteiger partial charge in [0.1, 0.15) is 0 Å². The Balaban J connectivity index is 2.11. The normalized spacial score (nSPS) is 14.2. The first-order valence-electron chi connectivity index (χ1n) is 8.19. The second kappa shape index (κ2) is 6.50. The first-order valence-corrected chi connectivity index (χ1v) is 9.01. The molecule has 0 saturated carbocycles. The van der Waals surface area contributed by atoms with Crippen LogP contribution in [0.4, 0.5) is 13.2 Å². The Morgan fingerprint density at radius 1 is 1.11 bits per heavy atom. The van der Waals surface area contributed by atoms with Crippen molar-refractivity contribution in [3.63, 3.8) is 0 Å². The molecule has 0 radical (unpaired) electrons. The van der Waals surface area contributed by atoms with Crippen LogP contribution in [0.2, 0.25) is 0 Å². The predicted octanol–water partition coefficient (Wildman–Crippen LogP) is 1.99. The summed E-state index contributed by atoms with van der Waals surface area (Å²) in [7, 11) is 0. The molecule has 1 atom stereocenters. The van der Waals surface area contributed by atoms with Gasteiger partial charge in [-0.05, 0) is 30.3 Å². The SMILES string of the molecule is O=c1c2cccc3c2n(c(=O)n1CC(O)CO)-c1cc(C(F)(F)F)ccc1S3. The number of benzene rings is 2. The minimum atomic E-state index is -4.60. The molecule has 0 spiro atoms. The molecule has 2 N–H and O–H groups in total. The Labute approximate surface area is 159 Å². The molecule has 0 saturated heterocycles. The van der Waals surface area contributed by atoms with Gasteiger partial charge in [0.25, 0.3) is 5.56 Å². The third-order valence-electron chi connectivity index (χ3n) is 4.47. The Hall–Kier alpha value is -2.56. The van der Waals surface area contributed by atoms with Crippen molar-refractivity contribution in [3.05, 3.63) is 62.8 Å². The molecule has 0 fully saturated rings. The van der Waals surface area contributed by atoms with Gasteiger partial charge in [-0.2, -0.15) is 13.2 Å². The fourth-order valence-corrected chi connectivity index (χ4v) is 4.26. The number of para-hydroxylation sites is 1. The monoisotopic (exact) mass is 410 g/mol. The maximum atomic E-state index is 13.2. The highest BCUT2D eigenvalue weighted by atomic mass is 32.2. The number of nitrogens with zero attached hydrogens (tertiary/aromatic N) is 2.